The van der Waals surface area contributed by atoms with Crippen molar-refractivity contribution in [2.75, 3.05) is 20.2 Å². The van der Waals surface area contributed by atoms with Crippen LogP contribution in [0.5, 0.6) is 5.75 Å². The van der Waals surface area contributed by atoms with Gasteiger partial charge in [-0.15, -0.1) is 0 Å². The van der Waals surface area contributed by atoms with Gasteiger partial charge in [0.05, 0.1) is 7.11 Å². The first-order valence-electron chi connectivity index (χ1n) is 6.06. The summed E-state index contributed by atoms with van der Waals surface area (Å²) in [5, 5.41) is 3.49. The highest BCUT2D eigenvalue weighted by molar-refractivity contribution is 6.31. The maximum atomic E-state index is 11.9. The van der Waals surface area contributed by atoms with Crippen molar-refractivity contribution in [2.45, 2.75) is 19.4 Å². The Balaban J connectivity index is 1.99. The highest BCUT2D eigenvalue weighted by Crippen LogP contribution is 2.25. The van der Waals surface area contributed by atoms with Crippen LogP contribution in [0.3, 0.4) is 0 Å². The Morgan fingerprint density at radius 3 is 2.83 bits per heavy atom. The van der Waals surface area contributed by atoms with E-state index in [1.165, 1.54) is 0 Å². The zero-order valence-corrected chi connectivity index (χ0v) is 11.2. The molecule has 1 heterocycles. The highest BCUT2D eigenvalue weighted by Gasteiger charge is 2.18. The van der Waals surface area contributed by atoms with Crippen molar-refractivity contribution >= 4 is 17.6 Å². The summed E-state index contributed by atoms with van der Waals surface area (Å²) in [6.45, 7) is 2.06. The molecule has 0 atom stereocenters. The Hall–Kier alpha value is -1.42. The number of hydrogen-bond donors (Lipinski definition) is 1. The van der Waals surface area contributed by atoms with Crippen molar-refractivity contribution in [3.8, 4) is 5.75 Å². The molecule has 1 saturated heterocycles. The lowest BCUT2D eigenvalue weighted by atomic mass is 10.2. The van der Waals surface area contributed by atoms with Crippen molar-refractivity contribution in [2.24, 2.45) is 0 Å². The highest BCUT2D eigenvalue weighted by atomic mass is 35.5. The fourth-order valence-corrected chi connectivity index (χ4v) is 2.33. The number of urea groups is 1. The fourth-order valence-electron chi connectivity index (χ4n) is 2.10. The SMILES string of the molecule is COc1cccc(Cl)c1CNC(=O)N1CCCC1. The maximum Gasteiger partial charge on any atom is 0.317 e. The number of hydrogen-bond acceptors (Lipinski definition) is 2. The number of nitrogens with zero attached hydrogens (tertiary/aromatic N) is 1. The van der Waals surface area contributed by atoms with E-state index in [-0.39, 0.29) is 6.03 Å². The fraction of sp³-hybridized carbons (Fsp3) is 0.462. The smallest absolute Gasteiger partial charge is 0.317 e. The van der Waals surface area contributed by atoms with Crippen LogP contribution >= 0.6 is 11.6 Å². The molecule has 4 nitrogen and oxygen atoms in total. The molecule has 1 N–H and O–H groups in total. The molecule has 1 aromatic carbocycles. The van der Waals surface area contributed by atoms with E-state index in [0.29, 0.717) is 17.3 Å². The first-order valence-corrected chi connectivity index (χ1v) is 6.44. The molecule has 0 radical (unpaired) electrons. The normalized spacial score (nSPS) is 14.7. The van der Waals surface area contributed by atoms with Gasteiger partial charge in [0.25, 0.3) is 0 Å². The number of likely N-dealkylation sites (tertiary alicyclic amines) is 1. The number of halogens is 1. The number of amides is 2. The van der Waals surface area contributed by atoms with Crippen LogP contribution in [0.4, 0.5) is 4.79 Å². The summed E-state index contributed by atoms with van der Waals surface area (Å²) < 4.78 is 5.23. The van der Waals surface area contributed by atoms with Gasteiger partial charge in [-0.25, -0.2) is 4.79 Å². The molecule has 0 bridgehead atoms. The Morgan fingerprint density at radius 2 is 2.17 bits per heavy atom. The molecule has 1 aliphatic heterocycles. The quantitative estimate of drug-likeness (QED) is 0.916. The number of methoxy groups -OCH3 is 1. The van der Waals surface area contributed by atoms with Crippen LogP contribution in [0.1, 0.15) is 18.4 Å². The van der Waals surface area contributed by atoms with Gasteiger partial charge in [-0.05, 0) is 25.0 Å². The van der Waals surface area contributed by atoms with E-state index in [9.17, 15) is 4.79 Å². The molecule has 0 spiro atoms. The Morgan fingerprint density at radius 1 is 1.44 bits per heavy atom. The second-order valence-corrected chi connectivity index (χ2v) is 4.68. The Bertz CT molecular complexity index is 431. The molecular formula is C13H17ClN2O2. The van der Waals surface area contributed by atoms with Crippen molar-refractivity contribution in [3.05, 3.63) is 28.8 Å². The maximum absolute atomic E-state index is 11.9. The van der Waals surface area contributed by atoms with Gasteiger partial charge < -0.3 is 15.0 Å². The topological polar surface area (TPSA) is 41.6 Å². The molecule has 18 heavy (non-hydrogen) atoms. The average Bonchev–Trinajstić information content (AvgIpc) is 2.90. The van der Waals surface area contributed by atoms with Gasteiger partial charge in [0.1, 0.15) is 5.75 Å². The van der Waals surface area contributed by atoms with Crippen LogP contribution in [-0.4, -0.2) is 31.1 Å². The Labute approximate surface area is 112 Å². The third-order valence-corrected chi connectivity index (χ3v) is 3.46. The standard InChI is InChI=1S/C13H17ClN2O2/c1-18-12-6-4-5-11(14)10(12)9-15-13(17)16-7-2-3-8-16/h4-6H,2-3,7-9H2,1H3,(H,15,17). The van der Waals surface area contributed by atoms with Crippen molar-refractivity contribution < 1.29 is 9.53 Å². The summed E-state index contributed by atoms with van der Waals surface area (Å²) in [4.78, 5) is 13.7. The van der Waals surface area contributed by atoms with Gasteiger partial charge in [-0.2, -0.15) is 0 Å². The van der Waals surface area contributed by atoms with Crippen molar-refractivity contribution in [1.82, 2.24) is 10.2 Å². The van der Waals surface area contributed by atoms with E-state index < -0.39 is 0 Å². The lowest BCUT2D eigenvalue weighted by molar-refractivity contribution is 0.208. The van der Waals surface area contributed by atoms with Crippen molar-refractivity contribution in [3.63, 3.8) is 0 Å². The van der Waals surface area contributed by atoms with E-state index in [1.54, 1.807) is 13.2 Å². The molecule has 0 saturated carbocycles. The number of rotatable bonds is 3. The summed E-state index contributed by atoms with van der Waals surface area (Å²) >= 11 is 6.11. The molecule has 1 aliphatic rings. The molecule has 2 amide bonds. The summed E-state index contributed by atoms with van der Waals surface area (Å²) in [6.07, 6.45) is 2.17. The Kier molecular flexibility index (Phi) is 4.31. The number of carbonyl (C=O) groups is 1. The van der Waals surface area contributed by atoms with Gasteiger partial charge >= 0.3 is 6.03 Å². The minimum atomic E-state index is -0.0329. The van der Waals surface area contributed by atoms with E-state index in [0.717, 1.165) is 31.5 Å². The monoisotopic (exact) mass is 268 g/mol. The lowest BCUT2D eigenvalue weighted by Crippen LogP contribution is -2.37. The minimum Gasteiger partial charge on any atom is -0.496 e. The van der Waals surface area contributed by atoms with Crippen LogP contribution in [0.15, 0.2) is 18.2 Å². The zero-order valence-electron chi connectivity index (χ0n) is 10.4. The summed E-state index contributed by atoms with van der Waals surface area (Å²) in [5.41, 5.74) is 0.814. The zero-order chi connectivity index (χ0) is 13.0. The van der Waals surface area contributed by atoms with Gasteiger partial charge in [-0.1, -0.05) is 17.7 Å². The predicted molar refractivity (Wildman–Crippen MR) is 71.0 cm³/mol. The van der Waals surface area contributed by atoms with Crippen LogP contribution in [-0.2, 0) is 6.54 Å². The third-order valence-electron chi connectivity index (χ3n) is 3.11. The van der Waals surface area contributed by atoms with E-state index in [4.69, 9.17) is 16.3 Å². The van der Waals surface area contributed by atoms with Gasteiger partial charge in [0, 0.05) is 30.2 Å². The molecule has 5 heteroatoms. The molecule has 0 aromatic heterocycles. The van der Waals surface area contributed by atoms with Crippen LogP contribution in [0, 0.1) is 0 Å². The molecule has 1 aromatic rings. The first kappa shape index (κ1) is 13.0. The van der Waals surface area contributed by atoms with E-state index >= 15 is 0 Å². The van der Waals surface area contributed by atoms with E-state index in [2.05, 4.69) is 5.32 Å². The van der Waals surface area contributed by atoms with E-state index in [1.807, 2.05) is 17.0 Å². The second kappa shape index (κ2) is 5.96. The molecule has 0 aliphatic carbocycles. The van der Waals surface area contributed by atoms with Crippen LogP contribution < -0.4 is 10.1 Å². The summed E-state index contributed by atoms with van der Waals surface area (Å²) in [6, 6.07) is 5.42. The van der Waals surface area contributed by atoms with Gasteiger partial charge in [0.2, 0.25) is 0 Å². The molecule has 2 rings (SSSR count). The third kappa shape index (κ3) is 2.88. The molecule has 98 valence electrons. The number of benzene rings is 1. The van der Waals surface area contributed by atoms with Crippen molar-refractivity contribution in [1.29, 1.82) is 0 Å². The minimum absolute atomic E-state index is 0.0329. The van der Waals surface area contributed by atoms with Crippen LogP contribution in [0.25, 0.3) is 0 Å². The average molecular weight is 269 g/mol. The number of nitrogens with one attached hydrogen (secondary N) is 1. The first-order chi connectivity index (χ1) is 8.72. The summed E-state index contributed by atoms with van der Waals surface area (Å²) in [5.74, 6) is 0.698. The number of carbonyl (C=O) groups excluding carboxylic acids is 1. The number of ether oxygens (including phenoxy) is 1. The largest absolute Gasteiger partial charge is 0.496 e. The van der Waals surface area contributed by atoms with Gasteiger partial charge in [-0.3, -0.25) is 0 Å². The predicted octanol–water partition coefficient (Wildman–Crippen LogP) is 2.65. The molecule has 0 unspecified atom stereocenters. The molecular weight excluding hydrogens is 252 g/mol. The van der Waals surface area contributed by atoms with Gasteiger partial charge in [0.15, 0.2) is 0 Å². The summed E-state index contributed by atoms with van der Waals surface area (Å²) in [7, 11) is 1.59. The molecule has 1 fully saturated rings. The van der Waals surface area contributed by atoms with Crippen LogP contribution in [0.2, 0.25) is 5.02 Å². The second-order valence-electron chi connectivity index (χ2n) is 4.27. The lowest BCUT2D eigenvalue weighted by Gasteiger charge is -2.17.